The summed E-state index contributed by atoms with van der Waals surface area (Å²) < 4.78 is 6.29. The molecular formula is C66H128N2O5. The third-order valence-corrected chi connectivity index (χ3v) is 16.0. The highest BCUT2D eigenvalue weighted by molar-refractivity contribution is 6.13. The van der Waals surface area contributed by atoms with Gasteiger partial charge < -0.3 is 4.74 Å². The van der Waals surface area contributed by atoms with Crippen LogP contribution in [0.1, 0.15) is 387 Å². The molecule has 0 aliphatic rings. The van der Waals surface area contributed by atoms with Crippen LogP contribution in [0.3, 0.4) is 0 Å². The molecule has 0 saturated heterocycles. The Morgan fingerprint density at radius 3 is 0.452 bits per heavy atom. The number of rotatable bonds is 62. The Labute approximate surface area is 455 Å². The summed E-state index contributed by atoms with van der Waals surface area (Å²) in [4.78, 5) is 57.1. The number of hydrogen-bond donors (Lipinski definition) is 2. The van der Waals surface area contributed by atoms with Gasteiger partial charge in [-0.15, -0.1) is 0 Å². The number of hydrogen-bond acceptors (Lipinski definition) is 7. The molecule has 0 aromatic heterocycles. The van der Waals surface area contributed by atoms with E-state index in [-0.39, 0.29) is 25.7 Å². The van der Waals surface area contributed by atoms with Crippen molar-refractivity contribution in [3.05, 3.63) is 0 Å². The summed E-state index contributed by atoms with van der Waals surface area (Å²) in [5.41, 5.74) is 8.91. The molecular weight excluding hydrogens is 901 g/mol. The molecule has 0 bridgehead atoms. The van der Waals surface area contributed by atoms with E-state index < -0.39 is 34.6 Å². The standard InChI is InChI=1S/C66H128N2O5/c1-5-9-13-17-21-25-29-33-37-41-45-49-53-57-61(69)65(67,62(70)58-54-50-46-42-38-34-30-26-22-18-14-10-6-2)73-66(68,63(71)59-55-51-47-43-39-35-31-27-23-19-15-11-7-3)64(72)60-56-52-48-44-40-36-32-28-24-20-16-12-8-4/h5-60,67-68H2,1-4H3. The molecule has 0 rings (SSSR count). The van der Waals surface area contributed by atoms with Crippen LogP contribution in [0.2, 0.25) is 0 Å². The molecule has 0 aromatic carbocycles. The fourth-order valence-corrected chi connectivity index (χ4v) is 10.7. The summed E-state index contributed by atoms with van der Waals surface area (Å²) in [7, 11) is 0. The van der Waals surface area contributed by atoms with E-state index in [2.05, 4.69) is 27.7 Å². The molecule has 0 fully saturated rings. The third kappa shape index (κ3) is 42.3. The van der Waals surface area contributed by atoms with Gasteiger partial charge >= 0.3 is 0 Å². The Morgan fingerprint density at radius 1 is 0.219 bits per heavy atom. The molecule has 0 aliphatic heterocycles. The fraction of sp³-hybridized carbons (Fsp3) is 0.939. The molecule has 0 aliphatic carbocycles. The second-order valence-electron chi connectivity index (χ2n) is 23.2. The lowest BCUT2D eigenvalue weighted by molar-refractivity contribution is -0.188. The first-order valence-corrected chi connectivity index (χ1v) is 33.0. The van der Waals surface area contributed by atoms with E-state index in [0.29, 0.717) is 25.7 Å². The first kappa shape index (κ1) is 71.6. The van der Waals surface area contributed by atoms with Gasteiger partial charge in [-0.25, -0.2) is 0 Å². The zero-order valence-electron chi connectivity index (χ0n) is 49.8. The van der Waals surface area contributed by atoms with Crippen LogP contribution >= 0.6 is 0 Å². The monoisotopic (exact) mass is 1030 g/mol. The number of carbonyl (C=O) groups is 4. The zero-order valence-corrected chi connectivity index (χ0v) is 49.8. The predicted octanol–water partition coefficient (Wildman–Crippen LogP) is 20.5. The molecule has 0 atom stereocenters. The van der Waals surface area contributed by atoms with Crippen molar-refractivity contribution < 1.29 is 23.9 Å². The maximum atomic E-state index is 14.3. The molecule has 0 saturated carbocycles. The van der Waals surface area contributed by atoms with Gasteiger partial charge in [-0.3, -0.25) is 30.6 Å². The van der Waals surface area contributed by atoms with Gasteiger partial charge in [0, 0.05) is 25.7 Å². The topological polar surface area (TPSA) is 130 Å². The van der Waals surface area contributed by atoms with Crippen molar-refractivity contribution in [2.24, 2.45) is 11.5 Å². The van der Waals surface area contributed by atoms with Crippen molar-refractivity contribution in [2.75, 3.05) is 0 Å². The largest absolute Gasteiger partial charge is 0.311 e. The summed E-state index contributed by atoms with van der Waals surface area (Å²) in [6, 6.07) is 0. The van der Waals surface area contributed by atoms with Gasteiger partial charge in [0.1, 0.15) is 0 Å². The Kier molecular flexibility index (Phi) is 52.9. The molecule has 7 nitrogen and oxygen atoms in total. The van der Waals surface area contributed by atoms with Crippen molar-refractivity contribution in [3.8, 4) is 0 Å². The van der Waals surface area contributed by atoms with E-state index in [1.54, 1.807) is 0 Å². The summed E-state index contributed by atoms with van der Waals surface area (Å²) in [6.45, 7) is 9.04. The van der Waals surface area contributed by atoms with Crippen LogP contribution in [0.5, 0.6) is 0 Å². The minimum atomic E-state index is -2.43. The molecule has 73 heavy (non-hydrogen) atoms. The molecule has 0 unspecified atom stereocenters. The first-order chi connectivity index (χ1) is 35.6. The lowest BCUT2D eigenvalue weighted by Crippen LogP contribution is -2.68. The van der Waals surface area contributed by atoms with Crippen LogP contribution in [0.4, 0.5) is 0 Å². The van der Waals surface area contributed by atoms with Crippen LogP contribution in [0.15, 0.2) is 0 Å². The van der Waals surface area contributed by atoms with Gasteiger partial charge in [0.05, 0.1) is 0 Å². The number of nitrogens with two attached hydrogens (primary N) is 2. The fourth-order valence-electron chi connectivity index (χ4n) is 10.7. The van der Waals surface area contributed by atoms with Gasteiger partial charge in [-0.1, -0.05) is 336 Å². The quantitative estimate of drug-likeness (QED) is 0.0352. The Morgan fingerprint density at radius 2 is 0.329 bits per heavy atom. The van der Waals surface area contributed by atoms with Crippen molar-refractivity contribution in [2.45, 2.75) is 399 Å². The smallest absolute Gasteiger partial charge is 0.238 e. The van der Waals surface area contributed by atoms with Gasteiger partial charge in [-0.2, -0.15) is 0 Å². The predicted molar refractivity (Wildman–Crippen MR) is 316 cm³/mol. The minimum absolute atomic E-state index is 0.0643. The van der Waals surface area contributed by atoms with Gasteiger partial charge in [-0.05, 0) is 25.7 Å². The average Bonchev–Trinajstić information content (AvgIpc) is 3.38. The SMILES string of the molecule is CCCCCCCCCCCCCCCC(=O)C(N)(OC(N)(C(=O)CCCCCCCCCCCCCCC)C(=O)CCCCCCCCCCCCCCC)C(=O)CCCCCCCCCCCCCCC. The van der Waals surface area contributed by atoms with Crippen LogP contribution in [-0.4, -0.2) is 34.6 Å². The van der Waals surface area contributed by atoms with E-state index in [4.69, 9.17) is 16.2 Å². The van der Waals surface area contributed by atoms with Crippen LogP contribution in [0.25, 0.3) is 0 Å². The lowest BCUT2D eigenvalue weighted by Gasteiger charge is -2.36. The molecule has 0 radical (unpaired) electrons. The van der Waals surface area contributed by atoms with Crippen LogP contribution < -0.4 is 11.5 Å². The Hall–Kier alpha value is -1.44. The summed E-state index contributed by atoms with van der Waals surface area (Å²) >= 11 is 0. The average molecular weight is 1030 g/mol. The van der Waals surface area contributed by atoms with Crippen molar-refractivity contribution >= 4 is 23.1 Å². The first-order valence-electron chi connectivity index (χ1n) is 33.0. The highest BCUT2D eigenvalue weighted by Gasteiger charge is 2.53. The molecule has 0 spiro atoms. The van der Waals surface area contributed by atoms with Gasteiger partial charge in [0.25, 0.3) is 0 Å². The molecule has 0 aromatic rings. The second kappa shape index (κ2) is 53.9. The maximum Gasteiger partial charge on any atom is 0.238 e. The minimum Gasteiger partial charge on any atom is -0.311 e. The van der Waals surface area contributed by atoms with E-state index >= 15 is 0 Å². The molecule has 7 heteroatoms. The summed E-state index contributed by atoms with van der Waals surface area (Å²) in [6.07, 6.45) is 61.5. The van der Waals surface area contributed by atoms with Crippen LogP contribution in [0, 0.1) is 0 Å². The normalized spacial score (nSPS) is 12.0. The summed E-state index contributed by atoms with van der Waals surface area (Å²) in [5.74, 6) is -2.19. The van der Waals surface area contributed by atoms with E-state index in [0.717, 1.165) is 77.0 Å². The number of ether oxygens (including phenoxy) is 1. The zero-order chi connectivity index (χ0) is 53.6. The number of ketones is 4. The number of Topliss-reactive ketones (excluding diaryl/α,β-unsaturated/α-hetero) is 4. The Bertz CT molecular complexity index is 1060. The van der Waals surface area contributed by atoms with E-state index in [9.17, 15) is 19.2 Å². The highest BCUT2D eigenvalue weighted by Crippen LogP contribution is 2.27. The lowest BCUT2D eigenvalue weighted by atomic mass is 9.91. The van der Waals surface area contributed by atoms with Crippen molar-refractivity contribution in [1.29, 1.82) is 0 Å². The number of unbranched alkanes of at least 4 members (excludes halogenated alkanes) is 48. The molecule has 4 N–H and O–H groups in total. The Balaban J connectivity index is 5.66. The molecule has 0 heterocycles. The molecule has 0 amide bonds. The summed E-state index contributed by atoms with van der Waals surface area (Å²) in [5, 5.41) is 0. The maximum absolute atomic E-state index is 14.3. The second-order valence-corrected chi connectivity index (χ2v) is 23.2. The van der Waals surface area contributed by atoms with E-state index in [1.807, 2.05) is 0 Å². The van der Waals surface area contributed by atoms with Gasteiger partial charge in [0.15, 0.2) is 23.1 Å². The van der Waals surface area contributed by atoms with Crippen molar-refractivity contribution in [1.82, 2.24) is 0 Å². The molecule has 432 valence electrons. The third-order valence-electron chi connectivity index (χ3n) is 16.0. The van der Waals surface area contributed by atoms with Crippen LogP contribution in [-0.2, 0) is 23.9 Å². The number of carbonyl (C=O) groups excluding carboxylic acids is 4. The van der Waals surface area contributed by atoms with E-state index in [1.165, 1.54) is 231 Å². The van der Waals surface area contributed by atoms with Gasteiger partial charge in [0.2, 0.25) is 11.4 Å². The van der Waals surface area contributed by atoms with Crippen molar-refractivity contribution in [3.63, 3.8) is 0 Å². The highest BCUT2D eigenvalue weighted by atomic mass is 16.6.